The fraction of sp³-hybridized carbons (Fsp3) is 0.412. The number of hydrogen-bond donors (Lipinski definition) is 1. The lowest BCUT2D eigenvalue weighted by Gasteiger charge is -2.24. The van der Waals surface area contributed by atoms with Crippen molar-refractivity contribution in [1.29, 1.82) is 0 Å². The third kappa shape index (κ3) is 2.46. The maximum absolute atomic E-state index is 13.7. The number of Topliss-reactive ketones (excluding diaryl/α,β-unsaturated/α-hetero) is 1. The molecule has 1 fully saturated rings. The second-order valence-electron chi connectivity index (χ2n) is 5.84. The van der Waals surface area contributed by atoms with Crippen molar-refractivity contribution in [3.8, 4) is 0 Å². The topological polar surface area (TPSA) is 59.2 Å². The van der Waals surface area contributed by atoms with E-state index in [0.29, 0.717) is 17.7 Å². The zero-order chi connectivity index (χ0) is 15.9. The zero-order valence-corrected chi connectivity index (χ0v) is 12.7. The van der Waals surface area contributed by atoms with E-state index in [1.54, 1.807) is 6.92 Å². The van der Waals surface area contributed by atoms with Crippen LogP contribution in [-0.4, -0.2) is 24.0 Å². The number of hydrogen-bond acceptors (Lipinski definition) is 3. The Morgan fingerprint density at radius 1 is 1.41 bits per heavy atom. The van der Waals surface area contributed by atoms with Crippen LogP contribution in [0, 0.1) is 12.7 Å². The number of aromatic amines is 1. The van der Waals surface area contributed by atoms with E-state index >= 15 is 0 Å². The Bertz CT molecular complexity index is 804. The molecule has 0 amide bonds. The van der Waals surface area contributed by atoms with Gasteiger partial charge in [-0.1, -0.05) is 0 Å². The lowest BCUT2D eigenvalue weighted by Crippen LogP contribution is -2.22. The Hall–Kier alpha value is -2.01. The number of pyridine rings is 1. The van der Waals surface area contributed by atoms with E-state index in [1.165, 1.54) is 19.1 Å². The Kier molecular flexibility index (Phi) is 3.83. The lowest BCUT2D eigenvalue weighted by atomic mass is 9.93. The summed E-state index contributed by atoms with van der Waals surface area (Å²) in [6.07, 6.45) is 1.87. The average molecular weight is 303 g/mol. The minimum Gasteiger partial charge on any atom is -0.381 e. The van der Waals surface area contributed by atoms with Gasteiger partial charge < -0.3 is 9.72 Å². The first-order chi connectivity index (χ1) is 10.5. The molecule has 1 aliphatic rings. The van der Waals surface area contributed by atoms with Crippen LogP contribution in [0.3, 0.4) is 0 Å². The van der Waals surface area contributed by atoms with Crippen LogP contribution in [-0.2, 0) is 4.74 Å². The number of rotatable bonds is 2. The molecule has 1 unspecified atom stereocenters. The highest BCUT2D eigenvalue weighted by Crippen LogP contribution is 2.28. The summed E-state index contributed by atoms with van der Waals surface area (Å²) in [4.78, 5) is 27.6. The van der Waals surface area contributed by atoms with E-state index in [1.807, 2.05) is 0 Å². The van der Waals surface area contributed by atoms with Gasteiger partial charge in [-0.3, -0.25) is 9.59 Å². The van der Waals surface area contributed by atoms with Crippen molar-refractivity contribution in [2.75, 3.05) is 13.2 Å². The zero-order valence-electron chi connectivity index (χ0n) is 12.7. The van der Waals surface area contributed by atoms with Crippen LogP contribution in [0.2, 0.25) is 0 Å². The first-order valence-electron chi connectivity index (χ1n) is 7.43. The Labute approximate surface area is 127 Å². The third-order valence-electron chi connectivity index (χ3n) is 4.30. The summed E-state index contributed by atoms with van der Waals surface area (Å²) in [5.74, 6) is -0.734. The second kappa shape index (κ2) is 5.65. The van der Waals surface area contributed by atoms with Crippen LogP contribution in [0.25, 0.3) is 10.9 Å². The molecular weight excluding hydrogens is 285 g/mol. The van der Waals surface area contributed by atoms with E-state index in [4.69, 9.17) is 4.74 Å². The summed E-state index contributed by atoms with van der Waals surface area (Å²) in [6, 6.07) is 2.37. The molecular formula is C17H18FNO3. The van der Waals surface area contributed by atoms with E-state index in [0.717, 1.165) is 25.1 Å². The fourth-order valence-electron chi connectivity index (χ4n) is 3.13. The SMILES string of the molecule is CC(=O)c1cc(F)cc2c(=O)c(C)c(C3CCCOC3)[nH]c12. The van der Waals surface area contributed by atoms with Gasteiger partial charge in [-0.05, 0) is 38.8 Å². The number of nitrogens with one attached hydrogen (secondary N) is 1. The summed E-state index contributed by atoms with van der Waals surface area (Å²) >= 11 is 0. The van der Waals surface area contributed by atoms with E-state index in [-0.39, 0.29) is 28.1 Å². The molecule has 0 spiro atoms. The largest absolute Gasteiger partial charge is 0.381 e. The molecule has 116 valence electrons. The molecule has 1 aliphatic heterocycles. The van der Waals surface area contributed by atoms with Gasteiger partial charge in [0.15, 0.2) is 11.2 Å². The minimum absolute atomic E-state index is 0.107. The highest BCUT2D eigenvalue weighted by Gasteiger charge is 2.22. The number of aromatic nitrogens is 1. The van der Waals surface area contributed by atoms with Crippen molar-refractivity contribution in [1.82, 2.24) is 4.98 Å². The predicted molar refractivity (Wildman–Crippen MR) is 82.1 cm³/mol. The molecule has 2 aromatic rings. The van der Waals surface area contributed by atoms with Gasteiger partial charge in [0.2, 0.25) is 0 Å². The highest BCUT2D eigenvalue weighted by molar-refractivity contribution is 6.05. The first kappa shape index (κ1) is 14.9. The smallest absolute Gasteiger partial charge is 0.192 e. The molecule has 1 N–H and O–H groups in total. The first-order valence-corrected chi connectivity index (χ1v) is 7.43. The molecule has 5 heteroatoms. The molecule has 0 aliphatic carbocycles. The van der Waals surface area contributed by atoms with E-state index in [2.05, 4.69) is 4.98 Å². The lowest BCUT2D eigenvalue weighted by molar-refractivity contribution is 0.0792. The molecule has 0 saturated carbocycles. The van der Waals surface area contributed by atoms with Crippen molar-refractivity contribution < 1.29 is 13.9 Å². The number of ether oxygens (including phenoxy) is 1. The number of benzene rings is 1. The third-order valence-corrected chi connectivity index (χ3v) is 4.30. The average Bonchev–Trinajstić information content (AvgIpc) is 2.51. The number of carbonyl (C=O) groups is 1. The summed E-state index contributed by atoms with van der Waals surface area (Å²) < 4.78 is 19.2. The van der Waals surface area contributed by atoms with E-state index < -0.39 is 5.82 Å². The minimum atomic E-state index is -0.573. The van der Waals surface area contributed by atoms with Crippen molar-refractivity contribution in [2.24, 2.45) is 0 Å². The summed E-state index contributed by atoms with van der Waals surface area (Å²) in [7, 11) is 0. The second-order valence-corrected chi connectivity index (χ2v) is 5.84. The highest BCUT2D eigenvalue weighted by atomic mass is 19.1. The fourth-order valence-corrected chi connectivity index (χ4v) is 3.13. The number of carbonyl (C=O) groups excluding carboxylic acids is 1. The van der Waals surface area contributed by atoms with Gasteiger partial charge in [-0.15, -0.1) is 0 Å². The molecule has 0 radical (unpaired) electrons. The molecule has 0 bridgehead atoms. The number of H-pyrrole nitrogens is 1. The quantitative estimate of drug-likeness (QED) is 0.867. The van der Waals surface area contributed by atoms with Crippen LogP contribution in [0.4, 0.5) is 4.39 Å². The molecule has 2 heterocycles. The van der Waals surface area contributed by atoms with Crippen LogP contribution in [0.1, 0.15) is 47.3 Å². The maximum atomic E-state index is 13.7. The molecule has 4 nitrogen and oxygen atoms in total. The van der Waals surface area contributed by atoms with Crippen molar-refractivity contribution in [3.63, 3.8) is 0 Å². The molecule has 1 aromatic carbocycles. The van der Waals surface area contributed by atoms with Gasteiger partial charge in [0.05, 0.1) is 12.1 Å². The van der Waals surface area contributed by atoms with Gasteiger partial charge in [-0.25, -0.2) is 4.39 Å². The van der Waals surface area contributed by atoms with E-state index in [9.17, 15) is 14.0 Å². The van der Waals surface area contributed by atoms with Gasteiger partial charge >= 0.3 is 0 Å². The maximum Gasteiger partial charge on any atom is 0.192 e. The Morgan fingerprint density at radius 3 is 2.82 bits per heavy atom. The van der Waals surface area contributed by atoms with Gasteiger partial charge in [0.1, 0.15) is 5.82 Å². The van der Waals surface area contributed by atoms with Gasteiger partial charge in [0, 0.05) is 34.7 Å². The normalized spacial score (nSPS) is 18.6. The van der Waals surface area contributed by atoms with Gasteiger partial charge in [-0.2, -0.15) is 0 Å². The number of fused-ring (bicyclic) bond motifs is 1. The molecule has 1 aromatic heterocycles. The van der Waals surface area contributed by atoms with Crippen molar-refractivity contribution >= 4 is 16.7 Å². The Morgan fingerprint density at radius 2 is 2.18 bits per heavy atom. The molecule has 1 atom stereocenters. The van der Waals surface area contributed by atoms with Crippen LogP contribution < -0.4 is 5.43 Å². The standard InChI is InChI=1S/C17H18FNO3/c1-9-15(11-4-3-5-22-8-11)19-16-13(10(2)20)6-12(18)7-14(16)17(9)21/h6-7,11H,3-5,8H2,1-2H3,(H,19,21). The predicted octanol–water partition coefficient (Wildman–Crippen LogP) is 3.07. The summed E-state index contributed by atoms with van der Waals surface area (Å²) in [5.41, 5.74) is 1.78. The van der Waals surface area contributed by atoms with Crippen molar-refractivity contribution in [3.05, 3.63) is 45.0 Å². The Balaban J connectivity index is 2.29. The number of halogens is 1. The van der Waals surface area contributed by atoms with Crippen LogP contribution in [0.15, 0.2) is 16.9 Å². The summed E-state index contributed by atoms with van der Waals surface area (Å²) in [5, 5.41) is 0.225. The van der Waals surface area contributed by atoms with Crippen LogP contribution in [0.5, 0.6) is 0 Å². The molecule has 1 saturated heterocycles. The number of ketones is 1. The summed E-state index contributed by atoms with van der Waals surface area (Å²) in [6.45, 7) is 4.40. The van der Waals surface area contributed by atoms with Gasteiger partial charge in [0.25, 0.3) is 0 Å². The molecule has 3 rings (SSSR count). The molecule has 22 heavy (non-hydrogen) atoms. The van der Waals surface area contributed by atoms with Crippen LogP contribution >= 0.6 is 0 Å². The monoisotopic (exact) mass is 303 g/mol. The van der Waals surface area contributed by atoms with Crippen molar-refractivity contribution in [2.45, 2.75) is 32.6 Å².